The number of nitrogens with two attached hydrogens (primary N) is 1. The minimum absolute atomic E-state index is 0.342. The Kier molecular flexibility index (Phi) is 3.38. The molecule has 2 N–H and O–H groups in total. The van der Waals surface area contributed by atoms with E-state index in [9.17, 15) is 4.79 Å². The summed E-state index contributed by atoms with van der Waals surface area (Å²) >= 11 is 1.34. The summed E-state index contributed by atoms with van der Waals surface area (Å²) in [4.78, 5) is 17.8. The molecule has 20 heavy (non-hydrogen) atoms. The zero-order valence-electron chi connectivity index (χ0n) is 11.7. The molecule has 0 amide bonds. The highest BCUT2D eigenvalue weighted by atomic mass is 32.1. The summed E-state index contributed by atoms with van der Waals surface area (Å²) in [5.74, 6) is 0.309. The first kappa shape index (κ1) is 13.4. The number of nitrogens with zero attached hydrogens (tertiary/aromatic N) is 1. The van der Waals surface area contributed by atoms with Crippen LogP contribution in [-0.4, -0.2) is 17.6 Å². The van der Waals surface area contributed by atoms with Gasteiger partial charge >= 0.3 is 5.97 Å². The molecule has 106 valence electrons. The lowest BCUT2D eigenvalue weighted by Crippen LogP contribution is -2.12. The molecule has 4 nitrogen and oxygen atoms in total. The van der Waals surface area contributed by atoms with Gasteiger partial charge in [0.2, 0.25) is 0 Å². The molecule has 0 fully saturated rings. The Morgan fingerprint density at radius 2 is 2.40 bits per heavy atom. The summed E-state index contributed by atoms with van der Waals surface area (Å²) in [6, 6.07) is 0. The van der Waals surface area contributed by atoms with Gasteiger partial charge in [-0.25, -0.2) is 9.78 Å². The number of esters is 1. The number of pyridine rings is 1. The average Bonchev–Trinajstić information content (AvgIpc) is 2.77. The Hall–Kier alpha value is -1.62. The number of hydrogen-bond acceptors (Lipinski definition) is 5. The summed E-state index contributed by atoms with van der Waals surface area (Å²) in [6.07, 6.45) is 5.18. The fourth-order valence-electron chi connectivity index (χ4n) is 2.84. The zero-order valence-corrected chi connectivity index (χ0v) is 12.5. The smallest absolute Gasteiger partial charge is 0.350 e. The molecule has 0 spiro atoms. The van der Waals surface area contributed by atoms with Crippen molar-refractivity contribution in [2.75, 3.05) is 12.3 Å². The molecule has 1 aliphatic carbocycles. The number of nitrogen functional groups attached to an aromatic ring is 1. The van der Waals surface area contributed by atoms with E-state index in [0.29, 0.717) is 23.1 Å². The van der Waals surface area contributed by atoms with Crippen molar-refractivity contribution < 1.29 is 9.53 Å². The summed E-state index contributed by atoms with van der Waals surface area (Å²) in [5, 5.41) is 0.974. The van der Waals surface area contributed by atoms with Crippen LogP contribution in [0.15, 0.2) is 6.20 Å². The van der Waals surface area contributed by atoms with Gasteiger partial charge in [0.25, 0.3) is 0 Å². The predicted molar refractivity (Wildman–Crippen MR) is 81.2 cm³/mol. The molecule has 2 aromatic heterocycles. The van der Waals surface area contributed by atoms with Gasteiger partial charge < -0.3 is 10.5 Å². The van der Waals surface area contributed by atoms with Crippen LogP contribution in [0.5, 0.6) is 0 Å². The van der Waals surface area contributed by atoms with Crippen LogP contribution < -0.4 is 5.73 Å². The number of fused-ring (bicyclic) bond motifs is 3. The van der Waals surface area contributed by atoms with Crippen molar-refractivity contribution in [3.05, 3.63) is 22.2 Å². The Balaban J connectivity index is 2.17. The number of thiophene rings is 1. The molecule has 1 aliphatic rings. The highest BCUT2D eigenvalue weighted by molar-refractivity contribution is 7.21. The van der Waals surface area contributed by atoms with Crippen LogP contribution in [0.1, 0.15) is 41.1 Å². The third-order valence-electron chi connectivity index (χ3n) is 3.87. The van der Waals surface area contributed by atoms with Gasteiger partial charge in [-0.05, 0) is 43.2 Å². The number of anilines is 1. The molecule has 3 rings (SSSR count). The van der Waals surface area contributed by atoms with Crippen molar-refractivity contribution in [2.24, 2.45) is 5.92 Å². The highest BCUT2D eigenvalue weighted by Gasteiger charge is 2.24. The number of carbonyl (C=O) groups excluding carboxylic acids is 1. The number of aryl methyl sites for hydroxylation is 1. The third-order valence-corrected chi connectivity index (χ3v) is 4.97. The molecule has 0 aliphatic heterocycles. The van der Waals surface area contributed by atoms with E-state index in [1.54, 1.807) is 6.92 Å². The monoisotopic (exact) mass is 290 g/mol. The van der Waals surface area contributed by atoms with Crippen molar-refractivity contribution in [3.63, 3.8) is 0 Å². The minimum atomic E-state index is -0.342. The van der Waals surface area contributed by atoms with Gasteiger partial charge in [0.1, 0.15) is 9.71 Å². The molecule has 1 atom stereocenters. The number of hydrogen-bond donors (Lipinski definition) is 1. The van der Waals surface area contributed by atoms with E-state index in [2.05, 4.69) is 11.9 Å². The van der Waals surface area contributed by atoms with E-state index < -0.39 is 0 Å². The van der Waals surface area contributed by atoms with E-state index >= 15 is 0 Å². The molecule has 2 aromatic rings. The van der Waals surface area contributed by atoms with Crippen LogP contribution in [0.2, 0.25) is 0 Å². The average molecular weight is 290 g/mol. The van der Waals surface area contributed by atoms with Gasteiger partial charge in [-0.15, -0.1) is 11.3 Å². The lowest BCUT2D eigenvalue weighted by molar-refractivity contribution is 0.0533. The molecule has 0 unspecified atom stereocenters. The standard InChI is InChI=1S/C15H18N2O2S/c1-3-19-15(18)13-12(16)11-10-6-8(2)4-5-9(10)7-17-14(11)20-13/h7-8H,3-6,16H2,1-2H3/t8-/m0/s1. The lowest BCUT2D eigenvalue weighted by Gasteiger charge is -2.21. The van der Waals surface area contributed by atoms with Crippen LogP contribution in [-0.2, 0) is 17.6 Å². The molecule has 0 saturated heterocycles. The number of rotatable bonds is 2. The van der Waals surface area contributed by atoms with Crippen molar-refractivity contribution in [1.82, 2.24) is 4.98 Å². The maximum absolute atomic E-state index is 11.9. The summed E-state index contributed by atoms with van der Waals surface area (Å²) < 4.78 is 5.07. The van der Waals surface area contributed by atoms with Crippen molar-refractivity contribution >= 4 is 33.2 Å². The van der Waals surface area contributed by atoms with Crippen LogP contribution in [0.3, 0.4) is 0 Å². The molecule has 0 radical (unpaired) electrons. The minimum Gasteiger partial charge on any atom is -0.462 e. The molecule has 5 heteroatoms. The van der Waals surface area contributed by atoms with E-state index in [1.807, 2.05) is 6.20 Å². The Morgan fingerprint density at radius 3 is 3.15 bits per heavy atom. The first-order valence-electron chi connectivity index (χ1n) is 6.97. The Labute approximate surface area is 122 Å². The van der Waals surface area contributed by atoms with Crippen molar-refractivity contribution in [3.8, 4) is 0 Å². The first-order chi connectivity index (χ1) is 9.61. The van der Waals surface area contributed by atoms with Gasteiger partial charge in [-0.2, -0.15) is 0 Å². The molecule has 2 heterocycles. The second-order valence-electron chi connectivity index (χ2n) is 5.36. The maximum atomic E-state index is 11.9. The fourth-order valence-corrected chi connectivity index (χ4v) is 3.83. The van der Waals surface area contributed by atoms with Crippen LogP contribution in [0.4, 0.5) is 5.69 Å². The Morgan fingerprint density at radius 1 is 1.60 bits per heavy atom. The van der Waals surface area contributed by atoms with Gasteiger partial charge in [0, 0.05) is 11.6 Å². The molecular formula is C15H18N2O2S. The van der Waals surface area contributed by atoms with Gasteiger partial charge in [0.05, 0.1) is 12.3 Å². The molecule has 0 bridgehead atoms. The van der Waals surface area contributed by atoms with E-state index in [1.165, 1.54) is 28.9 Å². The Bertz CT molecular complexity index is 678. The molecule has 0 saturated carbocycles. The van der Waals surface area contributed by atoms with E-state index in [-0.39, 0.29) is 5.97 Å². The SMILES string of the molecule is CCOC(=O)c1sc2ncc3c(c2c1N)C[C@@H](C)CC3. The fraction of sp³-hybridized carbons (Fsp3) is 0.467. The molecule has 0 aromatic carbocycles. The predicted octanol–water partition coefficient (Wildman–Crippen LogP) is 3.18. The molecular weight excluding hydrogens is 272 g/mol. The summed E-state index contributed by atoms with van der Waals surface area (Å²) in [5.41, 5.74) is 9.30. The van der Waals surface area contributed by atoms with Crippen molar-refractivity contribution in [2.45, 2.75) is 33.1 Å². The normalized spacial score (nSPS) is 18.0. The zero-order chi connectivity index (χ0) is 14.3. The van der Waals surface area contributed by atoms with Crippen LogP contribution >= 0.6 is 11.3 Å². The summed E-state index contributed by atoms with van der Waals surface area (Å²) in [7, 11) is 0. The topological polar surface area (TPSA) is 65.2 Å². The lowest BCUT2D eigenvalue weighted by atomic mass is 9.84. The quantitative estimate of drug-likeness (QED) is 0.863. The van der Waals surface area contributed by atoms with E-state index in [0.717, 1.165) is 23.1 Å². The first-order valence-corrected chi connectivity index (χ1v) is 7.79. The summed E-state index contributed by atoms with van der Waals surface area (Å²) in [6.45, 7) is 4.41. The second kappa shape index (κ2) is 5.05. The maximum Gasteiger partial charge on any atom is 0.350 e. The number of carbonyl (C=O) groups is 1. The largest absolute Gasteiger partial charge is 0.462 e. The highest BCUT2D eigenvalue weighted by Crippen LogP contribution is 2.39. The van der Waals surface area contributed by atoms with Crippen LogP contribution in [0, 0.1) is 5.92 Å². The second-order valence-corrected chi connectivity index (χ2v) is 6.35. The van der Waals surface area contributed by atoms with Gasteiger partial charge in [-0.3, -0.25) is 0 Å². The third kappa shape index (κ3) is 2.06. The van der Waals surface area contributed by atoms with Gasteiger partial charge in [0.15, 0.2) is 0 Å². The van der Waals surface area contributed by atoms with E-state index in [4.69, 9.17) is 10.5 Å². The van der Waals surface area contributed by atoms with Gasteiger partial charge in [-0.1, -0.05) is 6.92 Å². The number of aromatic nitrogens is 1. The number of ether oxygens (including phenoxy) is 1. The van der Waals surface area contributed by atoms with Crippen molar-refractivity contribution in [1.29, 1.82) is 0 Å². The van der Waals surface area contributed by atoms with Crippen LogP contribution in [0.25, 0.3) is 10.2 Å².